The van der Waals surface area contributed by atoms with Gasteiger partial charge in [-0.25, -0.2) is 4.79 Å². The number of hydrogen-bond donors (Lipinski definition) is 1. The number of hydrogen-bond acceptors (Lipinski definition) is 4. The lowest BCUT2D eigenvalue weighted by Gasteiger charge is -2.37. The Bertz CT molecular complexity index is 643. The number of halogens is 1. The van der Waals surface area contributed by atoms with E-state index < -0.39 is 0 Å². The molecule has 2 amide bonds. The molecule has 136 valence electrons. The van der Waals surface area contributed by atoms with Gasteiger partial charge in [-0.2, -0.15) is 0 Å². The summed E-state index contributed by atoms with van der Waals surface area (Å²) in [5.74, 6) is 0. The van der Waals surface area contributed by atoms with E-state index in [0.29, 0.717) is 39.5 Å². The highest BCUT2D eigenvalue weighted by molar-refractivity contribution is 6.30. The fraction of sp³-hybridized carbons (Fsp3) is 0.611. The van der Waals surface area contributed by atoms with Crippen LogP contribution < -0.4 is 5.32 Å². The van der Waals surface area contributed by atoms with Crippen LogP contribution in [0.1, 0.15) is 22.7 Å². The number of fused-ring (bicyclic) bond motifs is 1. The molecule has 0 aliphatic carbocycles. The van der Waals surface area contributed by atoms with Crippen LogP contribution in [-0.2, 0) is 22.4 Å². The summed E-state index contributed by atoms with van der Waals surface area (Å²) in [6, 6.07) is 4.32. The van der Waals surface area contributed by atoms with Gasteiger partial charge in [0.25, 0.3) is 0 Å². The highest BCUT2D eigenvalue weighted by atomic mass is 35.5. The summed E-state index contributed by atoms with van der Waals surface area (Å²) in [6.07, 6.45) is 0.840. The summed E-state index contributed by atoms with van der Waals surface area (Å²) < 4.78 is 11.0. The number of nitrogens with one attached hydrogen (secondary N) is 1. The second-order valence-corrected chi connectivity index (χ2v) is 7.20. The molecular weight excluding hydrogens is 342 g/mol. The second-order valence-electron chi connectivity index (χ2n) is 6.77. The van der Waals surface area contributed by atoms with Crippen molar-refractivity contribution in [2.24, 2.45) is 0 Å². The van der Waals surface area contributed by atoms with Crippen LogP contribution in [0.25, 0.3) is 0 Å². The summed E-state index contributed by atoms with van der Waals surface area (Å²) >= 11 is 6.35. The summed E-state index contributed by atoms with van der Waals surface area (Å²) in [5.41, 5.74) is 3.64. The monoisotopic (exact) mass is 365 g/mol. The third-order valence-electron chi connectivity index (χ3n) is 5.19. The average molecular weight is 366 g/mol. The first-order valence-corrected chi connectivity index (χ1v) is 9.34. The van der Waals surface area contributed by atoms with Crippen molar-refractivity contribution in [3.63, 3.8) is 0 Å². The first-order chi connectivity index (χ1) is 12.2. The van der Waals surface area contributed by atoms with Crippen LogP contribution in [0.15, 0.2) is 12.1 Å². The van der Waals surface area contributed by atoms with Crippen molar-refractivity contribution in [3.05, 3.63) is 33.8 Å². The lowest BCUT2D eigenvalue weighted by molar-refractivity contribution is 0.0420. The van der Waals surface area contributed by atoms with Crippen LogP contribution in [0.5, 0.6) is 0 Å². The van der Waals surface area contributed by atoms with Crippen LogP contribution in [0.2, 0.25) is 5.02 Å². The molecule has 0 radical (unpaired) electrons. The van der Waals surface area contributed by atoms with Crippen molar-refractivity contribution in [1.29, 1.82) is 0 Å². The summed E-state index contributed by atoms with van der Waals surface area (Å²) in [6.45, 7) is 6.18. The van der Waals surface area contributed by atoms with Gasteiger partial charge in [-0.15, -0.1) is 0 Å². The lowest BCUT2D eigenvalue weighted by atomic mass is 9.91. The van der Waals surface area contributed by atoms with Crippen molar-refractivity contribution < 1.29 is 14.3 Å². The number of nitrogens with zero attached hydrogens (tertiary/aromatic N) is 2. The number of rotatable bonds is 1. The molecule has 0 aromatic heterocycles. The zero-order valence-electron chi connectivity index (χ0n) is 14.3. The molecular formula is C18H24ClN3O3. The molecule has 0 spiro atoms. The molecule has 1 aromatic carbocycles. The number of ether oxygens (including phenoxy) is 2. The Labute approximate surface area is 153 Å². The zero-order valence-corrected chi connectivity index (χ0v) is 15.1. The Morgan fingerprint density at radius 3 is 2.72 bits per heavy atom. The maximum absolute atomic E-state index is 12.8. The van der Waals surface area contributed by atoms with Gasteiger partial charge in [0.05, 0.1) is 32.5 Å². The number of benzene rings is 1. The van der Waals surface area contributed by atoms with Crippen LogP contribution in [0, 0.1) is 0 Å². The van der Waals surface area contributed by atoms with Crippen molar-refractivity contribution in [2.75, 3.05) is 52.6 Å². The quantitative estimate of drug-likeness (QED) is 0.824. The molecule has 1 atom stereocenters. The van der Waals surface area contributed by atoms with Gasteiger partial charge < -0.3 is 24.6 Å². The molecule has 2 fully saturated rings. The number of carbonyl (C=O) groups is 1. The predicted molar refractivity (Wildman–Crippen MR) is 94.9 cm³/mol. The SMILES string of the molecule is O=C(N1CCOCC1)N1CCc2cc(Cl)cc(C3COCCN3)c2C1. The molecule has 2 saturated heterocycles. The van der Waals surface area contributed by atoms with E-state index in [0.717, 1.165) is 31.1 Å². The molecule has 4 rings (SSSR count). The van der Waals surface area contributed by atoms with Gasteiger partial charge in [-0.3, -0.25) is 0 Å². The number of carbonyl (C=O) groups excluding carboxylic acids is 1. The Hall–Kier alpha value is -1.34. The standard InChI is InChI=1S/C18H24ClN3O3/c19-14-9-13-1-3-22(18(23)21-4-7-24-8-5-21)11-16(13)15(10-14)17-12-25-6-2-20-17/h9-10,17,20H,1-8,11-12H2. The van der Waals surface area contributed by atoms with E-state index in [9.17, 15) is 4.79 Å². The molecule has 3 aliphatic rings. The van der Waals surface area contributed by atoms with Crippen molar-refractivity contribution in [1.82, 2.24) is 15.1 Å². The van der Waals surface area contributed by atoms with Gasteiger partial charge in [0, 0.05) is 37.7 Å². The Balaban J connectivity index is 1.57. The largest absolute Gasteiger partial charge is 0.378 e. The van der Waals surface area contributed by atoms with Crippen LogP contribution >= 0.6 is 11.6 Å². The zero-order chi connectivity index (χ0) is 17.2. The lowest BCUT2D eigenvalue weighted by Crippen LogP contribution is -2.49. The third-order valence-corrected chi connectivity index (χ3v) is 5.41. The molecule has 3 aliphatic heterocycles. The Morgan fingerprint density at radius 2 is 1.96 bits per heavy atom. The van der Waals surface area contributed by atoms with Gasteiger partial charge in [0.1, 0.15) is 0 Å². The Kier molecular flexibility index (Phi) is 5.12. The first-order valence-electron chi connectivity index (χ1n) is 8.96. The van der Waals surface area contributed by atoms with Crippen LogP contribution in [0.4, 0.5) is 4.79 Å². The molecule has 1 aromatic rings. The molecule has 6 nitrogen and oxygen atoms in total. The third kappa shape index (κ3) is 3.62. The maximum Gasteiger partial charge on any atom is 0.320 e. The predicted octanol–water partition coefficient (Wildman–Crippen LogP) is 1.81. The van der Waals surface area contributed by atoms with Gasteiger partial charge in [-0.05, 0) is 35.2 Å². The van der Waals surface area contributed by atoms with E-state index in [4.69, 9.17) is 21.1 Å². The molecule has 25 heavy (non-hydrogen) atoms. The molecule has 7 heteroatoms. The normalized spacial score (nSPS) is 24.1. The minimum absolute atomic E-state index is 0.114. The number of amides is 2. The van der Waals surface area contributed by atoms with Crippen LogP contribution in [-0.4, -0.2) is 68.4 Å². The summed E-state index contributed by atoms with van der Waals surface area (Å²) in [5, 5.41) is 4.26. The van der Waals surface area contributed by atoms with Crippen molar-refractivity contribution in [2.45, 2.75) is 19.0 Å². The van der Waals surface area contributed by atoms with E-state index in [1.807, 2.05) is 21.9 Å². The topological polar surface area (TPSA) is 54.0 Å². The maximum atomic E-state index is 12.8. The fourth-order valence-corrected chi connectivity index (χ4v) is 4.10. The van der Waals surface area contributed by atoms with Crippen molar-refractivity contribution in [3.8, 4) is 0 Å². The van der Waals surface area contributed by atoms with Gasteiger partial charge in [-0.1, -0.05) is 11.6 Å². The molecule has 1 N–H and O–H groups in total. The Morgan fingerprint density at radius 1 is 1.12 bits per heavy atom. The fourth-order valence-electron chi connectivity index (χ4n) is 3.85. The number of urea groups is 1. The molecule has 3 heterocycles. The smallest absolute Gasteiger partial charge is 0.320 e. The van der Waals surface area contributed by atoms with Crippen LogP contribution in [0.3, 0.4) is 0 Å². The molecule has 0 saturated carbocycles. The van der Waals surface area contributed by atoms with E-state index in [2.05, 4.69) is 5.32 Å². The van der Waals surface area contributed by atoms with Crippen molar-refractivity contribution >= 4 is 17.6 Å². The highest BCUT2D eigenvalue weighted by Crippen LogP contribution is 2.31. The summed E-state index contributed by atoms with van der Waals surface area (Å²) in [4.78, 5) is 16.7. The first kappa shape index (κ1) is 17.1. The van der Waals surface area contributed by atoms with E-state index >= 15 is 0 Å². The van der Waals surface area contributed by atoms with Gasteiger partial charge in [0.2, 0.25) is 0 Å². The summed E-state index contributed by atoms with van der Waals surface area (Å²) in [7, 11) is 0. The van der Waals surface area contributed by atoms with E-state index in [1.54, 1.807) is 0 Å². The van der Waals surface area contributed by atoms with Gasteiger partial charge >= 0.3 is 6.03 Å². The second kappa shape index (κ2) is 7.50. The highest BCUT2D eigenvalue weighted by Gasteiger charge is 2.29. The average Bonchev–Trinajstić information content (AvgIpc) is 2.68. The minimum atomic E-state index is 0.114. The minimum Gasteiger partial charge on any atom is -0.378 e. The van der Waals surface area contributed by atoms with E-state index in [1.165, 1.54) is 16.7 Å². The molecule has 0 bridgehead atoms. The number of morpholine rings is 2. The van der Waals surface area contributed by atoms with Gasteiger partial charge in [0.15, 0.2) is 0 Å². The van der Waals surface area contributed by atoms with E-state index in [-0.39, 0.29) is 12.1 Å². The molecule has 1 unspecified atom stereocenters.